The Balaban J connectivity index is 4.14. The summed E-state index contributed by atoms with van der Waals surface area (Å²) in [6.07, 6.45) is 0.198. The van der Waals surface area contributed by atoms with Crippen molar-refractivity contribution in [3.05, 3.63) is 5.21 Å². The summed E-state index contributed by atoms with van der Waals surface area (Å²) < 4.78 is 0. The van der Waals surface area contributed by atoms with Gasteiger partial charge in [0.15, 0.2) is 0 Å². The van der Waals surface area contributed by atoms with Gasteiger partial charge in [0.25, 0.3) is 0 Å². The molecule has 1 unspecified atom stereocenters. The van der Waals surface area contributed by atoms with Crippen LogP contribution in [0.5, 0.6) is 0 Å². The molecule has 0 aromatic heterocycles. The Labute approximate surface area is 53.4 Å². The number of hydrogen-bond donors (Lipinski definition) is 3. The number of rotatable bonds is 2. The van der Waals surface area contributed by atoms with Crippen molar-refractivity contribution in [3.63, 3.8) is 0 Å². The molecule has 56 valence electrons. The summed E-state index contributed by atoms with van der Waals surface area (Å²) in [6.45, 7) is 2.86. The van der Waals surface area contributed by atoms with Gasteiger partial charge in [0.05, 0.1) is 0 Å². The summed E-state index contributed by atoms with van der Waals surface area (Å²) in [4.78, 5) is -2.43. The van der Waals surface area contributed by atoms with Crippen LogP contribution in [0.3, 0.4) is 0 Å². The van der Waals surface area contributed by atoms with Crippen LogP contribution in [0.1, 0.15) is 20.3 Å². The maximum atomic E-state index is 10.3. The van der Waals surface area contributed by atoms with E-state index in [4.69, 9.17) is 16.1 Å². The Hall–Kier alpha value is -0.200. The molecule has 0 bridgehead atoms. The Bertz CT molecular complexity index is 96.5. The molecule has 0 aromatic rings. The van der Waals surface area contributed by atoms with Crippen LogP contribution in [0, 0.1) is 5.21 Å². The van der Waals surface area contributed by atoms with Crippen molar-refractivity contribution in [3.8, 4) is 0 Å². The molecule has 5 heteroatoms. The van der Waals surface area contributed by atoms with E-state index in [-0.39, 0.29) is 6.42 Å². The van der Waals surface area contributed by atoms with Crippen LogP contribution in [0.2, 0.25) is 0 Å². The highest BCUT2D eigenvalue weighted by Gasteiger charge is 2.34. The number of quaternary nitrogens is 1. The maximum absolute atomic E-state index is 10.3. The highest BCUT2D eigenvalue weighted by atomic mass is 17.1. The van der Waals surface area contributed by atoms with Crippen molar-refractivity contribution in [2.24, 2.45) is 5.73 Å². The van der Waals surface area contributed by atoms with Crippen LogP contribution < -0.4 is 5.73 Å². The minimum atomic E-state index is -2.43. The Morgan fingerprint density at radius 2 is 2.00 bits per heavy atom. The zero-order valence-corrected chi connectivity index (χ0v) is 5.53. The van der Waals surface area contributed by atoms with Crippen LogP contribution in [0.15, 0.2) is 0 Å². The fourth-order valence-corrected chi connectivity index (χ4v) is 0.206. The highest BCUT2D eigenvalue weighted by Crippen LogP contribution is 2.14. The molecule has 0 saturated heterocycles. The quantitative estimate of drug-likeness (QED) is 0.286. The monoisotopic (exact) mass is 136 g/mol. The van der Waals surface area contributed by atoms with Gasteiger partial charge < -0.3 is 5.21 Å². The topological polar surface area (TPSA) is 89.5 Å². The van der Waals surface area contributed by atoms with Crippen molar-refractivity contribution < 1.29 is 15.4 Å². The summed E-state index contributed by atoms with van der Waals surface area (Å²) in [5, 5.41) is 27.0. The maximum Gasteiger partial charge on any atom is 0.209 e. The third kappa shape index (κ3) is 1.88. The van der Waals surface area contributed by atoms with E-state index in [9.17, 15) is 5.21 Å². The van der Waals surface area contributed by atoms with Gasteiger partial charge in [-0.05, 0) is 0 Å². The van der Waals surface area contributed by atoms with E-state index in [0.717, 1.165) is 0 Å². The largest absolute Gasteiger partial charge is 0.563 e. The van der Waals surface area contributed by atoms with Crippen molar-refractivity contribution in [2.75, 3.05) is 0 Å². The molecule has 4 N–H and O–H groups in total. The molecule has 0 aromatic carbocycles. The van der Waals surface area contributed by atoms with Gasteiger partial charge in [-0.25, -0.2) is 0 Å². The van der Waals surface area contributed by atoms with E-state index in [2.05, 4.69) is 0 Å². The van der Waals surface area contributed by atoms with E-state index in [1.165, 1.54) is 6.92 Å². The average Bonchev–Trinajstić information content (AvgIpc) is 1.64. The van der Waals surface area contributed by atoms with Gasteiger partial charge in [-0.3, -0.25) is 5.73 Å². The predicted molar refractivity (Wildman–Crippen MR) is 30.1 cm³/mol. The second kappa shape index (κ2) is 2.20. The van der Waals surface area contributed by atoms with Crippen LogP contribution in [0.25, 0.3) is 0 Å². The molecule has 0 heterocycles. The standard InChI is InChI=1S/C4H12N2O3/c1-3-4(2,5)6(7,8)9/h7-8H,3,5H2,1-2H3. The molecule has 0 fully saturated rings. The fraction of sp³-hybridized carbons (Fsp3) is 1.00. The number of hydroxylamine groups is 3. The summed E-state index contributed by atoms with van der Waals surface area (Å²) in [5.74, 6) is 0. The van der Waals surface area contributed by atoms with Crippen LogP contribution >= 0.6 is 0 Å². The van der Waals surface area contributed by atoms with Crippen molar-refractivity contribution >= 4 is 0 Å². The molecule has 0 aliphatic rings. The summed E-state index contributed by atoms with van der Waals surface area (Å²) in [6, 6.07) is 0. The molecular formula is C4H12N2O3. The molecular weight excluding hydrogens is 124 g/mol. The molecule has 5 nitrogen and oxygen atoms in total. The van der Waals surface area contributed by atoms with E-state index in [1.807, 2.05) is 0 Å². The van der Waals surface area contributed by atoms with Gasteiger partial charge in [-0.1, -0.05) is 11.9 Å². The van der Waals surface area contributed by atoms with Gasteiger partial charge in [-0.15, -0.1) is 0 Å². The molecule has 0 radical (unpaired) electrons. The normalized spacial score (nSPS) is 19.3. The first-order chi connectivity index (χ1) is 3.81. The Morgan fingerprint density at radius 3 is 2.00 bits per heavy atom. The van der Waals surface area contributed by atoms with Crippen molar-refractivity contribution in [1.82, 2.24) is 0 Å². The third-order valence-corrected chi connectivity index (χ3v) is 1.38. The highest BCUT2D eigenvalue weighted by molar-refractivity contribution is 4.60. The van der Waals surface area contributed by atoms with Crippen molar-refractivity contribution in [1.29, 1.82) is 0 Å². The van der Waals surface area contributed by atoms with Crippen molar-refractivity contribution in [2.45, 2.75) is 25.9 Å². The molecule has 0 spiro atoms. The van der Waals surface area contributed by atoms with Gasteiger partial charge >= 0.3 is 0 Å². The lowest BCUT2D eigenvalue weighted by atomic mass is 10.2. The second-order valence-corrected chi connectivity index (χ2v) is 2.25. The minimum Gasteiger partial charge on any atom is -0.563 e. The Kier molecular flexibility index (Phi) is 2.15. The molecule has 0 saturated carbocycles. The predicted octanol–water partition coefficient (Wildman–Crippen LogP) is 0.164. The summed E-state index contributed by atoms with van der Waals surface area (Å²) >= 11 is 0. The smallest absolute Gasteiger partial charge is 0.209 e. The SMILES string of the molecule is CCC(C)(N)[N+]([O-])(O)O. The lowest BCUT2D eigenvalue weighted by molar-refractivity contribution is -1.24. The van der Waals surface area contributed by atoms with E-state index < -0.39 is 10.6 Å². The zero-order chi connectivity index (χ0) is 7.71. The molecule has 0 rings (SSSR count). The molecule has 0 aliphatic carbocycles. The molecule has 0 aliphatic heterocycles. The third-order valence-electron chi connectivity index (χ3n) is 1.38. The van der Waals surface area contributed by atoms with E-state index >= 15 is 0 Å². The van der Waals surface area contributed by atoms with E-state index in [0.29, 0.717) is 0 Å². The lowest BCUT2D eigenvalue weighted by Gasteiger charge is -2.37. The molecule has 0 amide bonds. The summed E-state index contributed by atoms with van der Waals surface area (Å²) in [5.41, 5.74) is 3.62. The first kappa shape index (κ1) is 8.80. The number of nitrogens with zero attached hydrogens (tertiary/aromatic N) is 1. The van der Waals surface area contributed by atoms with Crippen LogP contribution in [-0.4, -0.2) is 21.1 Å². The lowest BCUT2D eigenvalue weighted by Crippen LogP contribution is -2.60. The van der Waals surface area contributed by atoms with Crippen LogP contribution in [0.4, 0.5) is 0 Å². The first-order valence-electron chi connectivity index (χ1n) is 2.66. The number of nitrogens with two attached hydrogens (primary N) is 1. The Morgan fingerprint density at radius 1 is 1.67 bits per heavy atom. The molecule has 9 heavy (non-hydrogen) atoms. The zero-order valence-electron chi connectivity index (χ0n) is 5.53. The first-order valence-corrected chi connectivity index (χ1v) is 2.66. The summed E-state index contributed by atoms with van der Waals surface area (Å²) in [7, 11) is 0. The van der Waals surface area contributed by atoms with Gasteiger partial charge in [0.2, 0.25) is 5.66 Å². The van der Waals surface area contributed by atoms with Crippen LogP contribution in [-0.2, 0) is 0 Å². The van der Waals surface area contributed by atoms with Gasteiger partial charge in [0.1, 0.15) is 0 Å². The fourth-order valence-electron chi connectivity index (χ4n) is 0.206. The minimum absolute atomic E-state index is 0.198. The molecule has 1 atom stereocenters. The second-order valence-electron chi connectivity index (χ2n) is 2.25. The van der Waals surface area contributed by atoms with E-state index in [1.54, 1.807) is 6.92 Å². The average molecular weight is 136 g/mol. The number of hydrogen-bond acceptors (Lipinski definition) is 4. The van der Waals surface area contributed by atoms with Gasteiger partial charge in [0, 0.05) is 13.3 Å². The van der Waals surface area contributed by atoms with Gasteiger partial charge in [-0.2, -0.15) is 10.4 Å².